The first kappa shape index (κ1) is 15.3. The molecule has 1 amide bonds. The van der Waals surface area contributed by atoms with E-state index in [2.05, 4.69) is 12.2 Å². The minimum Gasteiger partial charge on any atom is -0.481 e. The largest absolute Gasteiger partial charge is 0.481 e. The van der Waals surface area contributed by atoms with Crippen molar-refractivity contribution in [2.75, 3.05) is 6.61 Å². The van der Waals surface area contributed by atoms with Crippen LogP contribution < -0.4 is 5.32 Å². The molecular formula is C15H25NO4. The predicted molar refractivity (Wildman–Crippen MR) is 74.3 cm³/mol. The smallest absolute Gasteiger partial charge is 0.306 e. The van der Waals surface area contributed by atoms with E-state index in [0.717, 1.165) is 12.8 Å². The molecule has 2 N–H and O–H groups in total. The molecule has 0 spiro atoms. The number of rotatable bonds is 5. The number of aliphatic carboxylic acids is 1. The Morgan fingerprint density at radius 3 is 2.60 bits per heavy atom. The maximum atomic E-state index is 11.8. The first-order valence-electron chi connectivity index (χ1n) is 7.70. The maximum absolute atomic E-state index is 11.8. The van der Waals surface area contributed by atoms with Crippen molar-refractivity contribution in [1.29, 1.82) is 0 Å². The summed E-state index contributed by atoms with van der Waals surface area (Å²) in [6, 6.07) is -0.00372. The summed E-state index contributed by atoms with van der Waals surface area (Å²) in [6.45, 7) is 2.28. The van der Waals surface area contributed by atoms with E-state index in [-0.39, 0.29) is 30.6 Å². The van der Waals surface area contributed by atoms with Gasteiger partial charge in [-0.05, 0) is 38.0 Å². The first-order valence-corrected chi connectivity index (χ1v) is 7.70. The SMILES string of the molecule is CC1CCCCC1OCC(=O)N[C@H]1CC[C@@H](C(=O)O)C1. The number of amides is 1. The number of hydrogen-bond acceptors (Lipinski definition) is 3. The topological polar surface area (TPSA) is 75.6 Å². The number of carboxylic acids is 1. The number of ether oxygens (including phenoxy) is 1. The Hall–Kier alpha value is -1.10. The van der Waals surface area contributed by atoms with Gasteiger partial charge >= 0.3 is 5.97 Å². The fourth-order valence-electron chi connectivity index (χ4n) is 3.32. The van der Waals surface area contributed by atoms with Crippen molar-refractivity contribution >= 4 is 11.9 Å². The van der Waals surface area contributed by atoms with Gasteiger partial charge in [-0.25, -0.2) is 0 Å². The normalized spacial score (nSPS) is 33.9. The summed E-state index contributed by atoms with van der Waals surface area (Å²) in [5, 5.41) is 11.8. The van der Waals surface area contributed by atoms with Crippen LogP contribution in [0.4, 0.5) is 0 Å². The molecule has 2 aliphatic carbocycles. The Balaban J connectivity index is 1.67. The van der Waals surface area contributed by atoms with Gasteiger partial charge in [0.05, 0.1) is 12.0 Å². The van der Waals surface area contributed by atoms with Crippen LogP contribution in [0.5, 0.6) is 0 Å². The Morgan fingerprint density at radius 1 is 1.20 bits per heavy atom. The molecule has 2 aliphatic rings. The average Bonchev–Trinajstić information content (AvgIpc) is 2.86. The molecule has 0 bridgehead atoms. The summed E-state index contributed by atoms with van der Waals surface area (Å²) in [5.74, 6) is -0.646. The van der Waals surface area contributed by atoms with Crippen LogP contribution in [0.3, 0.4) is 0 Å². The molecule has 5 nitrogen and oxygen atoms in total. The second-order valence-corrected chi connectivity index (χ2v) is 6.22. The van der Waals surface area contributed by atoms with Gasteiger partial charge in [-0.1, -0.05) is 19.8 Å². The summed E-state index contributed by atoms with van der Waals surface area (Å²) < 4.78 is 5.71. The number of carbonyl (C=O) groups excluding carboxylic acids is 1. The summed E-state index contributed by atoms with van der Waals surface area (Å²) in [4.78, 5) is 22.7. The molecule has 4 atom stereocenters. The highest BCUT2D eigenvalue weighted by Crippen LogP contribution is 2.27. The second kappa shape index (κ2) is 7.07. The number of hydrogen-bond donors (Lipinski definition) is 2. The zero-order chi connectivity index (χ0) is 14.5. The molecule has 0 aromatic rings. The lowest BCUT2D eigenvalue weighted by atomic mass is 9.88. The second-order valence-electron chi connectivity index (χ2n) is 6.22. The summed E-state index contributed by atoms with van der Waals surface area (Å²) in [5.41, 5.74) is 0. The van der Waals surface area contributed by atoms with E-state index in [1.807, 2.05) is 0 Å². The van der Waals surface area contributed by atoms with E-state index in [1.54, 1.807) is 0 Å². The van der Waals surface area contributed by atoms with Crippen LogP contribution in [0.1, 0.15) is 51.9 Å². The van der Waals surface area contributed by atoms with Crippen LogP contribution in [-0.2, 0) is 14.3 Å². The highest BCUT2D eigenvalue weighted by molar-refractivity contribution is 5.78. The van der Waals surface area contributed by atoms with Crippen molar-refractivity contribution in [1.82, 2.24) is 5.32 Å². The molecule has 20 heavy (non-hydrogen) atoms. The fraction of sp³-hybridized carbons (Fsp3) is 0.867. The van der Waals surface area contributed by atoms with Gasteiger partial charge in [0.1, 0.15) is 6.61 Å². The van der Waals surface area contributed by atoms with Crippen molar-refractivity contribution in [2.45, 2.75) is 64.0 Å². The van der Waals surface area contributed by atoms with Crippen molar-refractivity contribution in [3.8, 4) is 0 Å². The maximum Gasteiger partial charge on any atom is 0.306 e. The van der Waals surface area contributed by atoms with Crippen molar-refractivity contribution in [2.24, 2.45) is 11.8 Å². The van der Waals surface area contributed by atoms with Gasteiger partial charge in [0.2, 0.25) is 5.91 Å². The standard InChI is InChI=1S/C15H25NO4/c1-10-4-2-3-5-13(10)20-9-14(17)16-12-7-6-11(8-12)15(18)19/h10-13H,2-9H2,1H3,(H,16,17)(H,18,19)/t10?,11-,12+,13?/m1/s1. The zero-order valence-corrected chi connectivity index (χ0v) is 12.1. The Morgan fingerprint density at radius 2 is 1.95 bits per heavy atom. The van der Waals surface area contributed by atoms with Gasteiger partial charge < -0.3 is 15.2 Å². The van der Waals surface area contributed by atoms with Gasteiger partial charge in [-0.3, -0.25) is 9.59 Å². The van der Waals surface area contributed by atoms with E-state index in [4.69, 9.17) is 9.84 Å². The Bertz CT molecular complexity index is 358. The summed E-state index contributed by atoms with van der Waals surface area (Å²) in [7, 11) is 0. The first-order chi connectivity index (χ1) is 9.56. The number of nitrogens with one attached hydrogen (secondary N) is 1. The molecule has 0 aliphatic heterocycles. The van der Waals surface area contributed by atoms with Gasteiger partial charge in [-0.2, -0.15) is 0 Å². The average molecular weight is 283 g/mol. The lowest BCUT2D eigenvalue weighted by Gasteiger charge is -2.28. The lowest BCUT2D eigenvalue weighted by Crippen LogP contribution is -2.38. The van der Waals surface area contributed by atoms with Gasteiger partial charge in [-0.15, -0.1) is 0 Å². The zero-order valence-electron chi connectivity index (χ0n) is 12.1. The Kier molecular flexibility index (Phi) is 5.40. The molecule has 0 saturated heterocycles. The molecule has 0 aromatic heterocycles. The molecule has 2 saturated carbocycles. The summed E-state index contributed by atoms with van der Waals surface area (Å²) in [6.07, 6.45) is 6.80. The molecule has 114 valence electrons. The van der Waals surface area contributed by atoms with Gasteiger partial charge in [0.15, 0.2) is 0 Å². The van der Waals surface area contributed by atoms with Crippen LogP contribution in [-0.4, -0.2) is 35.7 Å². The predicted octanol–water partition coefficient (Wildman–Crippen LogP) is 1.95. The van der Waals surface area contributed by atoms with Crippen molar-refractivity contribution in [3.05, 3.63) is 0 Å². The van der Waals surface area contributed by atoms with Crippen LogP contribution in [0.25, 0.3) is 0 Å². The highest BCUT2D eigenvalue weighted by Gasteiger charge is 2.30. The molecule has 0 radical (unpaired) electrons. The van der Waals surface area contributed by atoms with E-state index >= 15 is 0 Å². The van der Waals surface area contributed by atoms with Crippen LogP contribution in [0.2, 0.25) is 0 Å². The minimum absolute atomic E-state index is 0.00372. The van der Waals surface area contributed by atoms with Crippen molar-refractivity contribution in [3.63, 3.8) is 0 Å². The third-order valence-electron chi connectivity index (χ3n) is 4.61. The number of carboxylic acid groups (broad SMARTS) is 1. The van der Waals surface area contributed by atoms with Crippen LogP contribution in [0, 0.1) is 11.8 Å². The van der Waals surface area contributed by atoms with Crippen LogP contribution in [0.15, 0.2) is 0 Å². The Labute approximate surface area is 120 Å². The molecule has 2 fully saturated rings. The highest BCUT2D eigenvalue weighted by atomic mass is 16.5. The number of carbonyl (C=O) groups is 2. The van der Waals surface area contributed by atoms with Crippen LogP contribution >= 0.6 is 0 Å². The minimum atomic E-state index is -0.756. The van der Waals surface area contributed by atoms with Gasteiger partial charge in [0, 0.05) is 6.04 Å². The third-order valence-corrected chi connectivity index (χ3v) is 4.61. The van der Waals surface area contributed by atoms with Crippen molar-refractivity contribution < 1.29 is 19.4 Å². The van der Waals surface area contributed by atoms with E-state index in [9.17, 15) is 9.59 Å². The quantitative estimate of drug-likeness (QED) is 0.808. The van der Waals surface area contributed by atoms with E-state index in [1.165, 1.54) is 19.3 Å². The molecular weight excluding hydrogens is 258 g/mol. The monoisotopic (exact) mass is 283 g/mol. The molecule has 0 heterocycles. The fourth-order valence-corrected chi connectivity index (χ4v) is 3.32. The summed E-state index contributed by atoms with van der Waals surface area (Å²) >= 11 is 0. The molecule has 5 heteroatoms. The van der Waals surface area contributed by atoms with Gasteiger partial charge in [0.25, 0.3) is 0 Å². The molecule has 2 unspecified atom stereocenters. The molecule has 2 rings (SSSR count). The third kappa shape index (κ3) is 4.20. The van der Waals surface area contributed by atoms with E-state index < -0.39 is 5.97 Å². The molecule has 0 aromatic carbocycles. The van der Waals surface area contributed by atoms with E-state index in [0.29, 0.717) is 18.8 Å². The lowest BCUT2D eigenvalue weighted by molar-refractivity contribution is -0.141.